The first-order chi connectivity index (χ1) is 10.3. The first-order valence-electron chi connectivity index (χ1n) is 6.56. The lowest BCUT2D eigenvalue weighted by Crippen LogP contribution is -2.53. The Morgan fingerprint density at radius 3 is 2.64 bits per heavy atom. The lowest BCUT2D eigenvalue weighted by atomic mass is 10.1. The first-order valence-corrected chi connectivity index (χ1v) is 8.39. The van der Waals surface area contributed by atoms with Crippen molar-refractivity contribution >= 4 is 15.7 Å². The van der Waals surface area contributed by atoms with Crippen LogP contribution in [0.4, 0.5) is 13.2 Å². The molecular formula is C13H12F3NO4S. The number of ether oxygens (including phenoxy) is 1. The standard InChI is InChI=1S/C13H12F3NO4S/c14-8-2-1-7(11(15)12(8)16)13(18)17-3-4-21-10-6-22(19,20)5-9(10)17/h1-2,9-10H,3-6H2. The molecule has 0 aliphatic carbocycles. The summed E-state index contributed by atoms with van der Waals surface area (Å²) in [6.07, 6.45) is -0.670. The van der Waals surface area contributed by atoms with Crippen molar-refractivity contribution in [2.45, 2.75) is 12.1 Å². The van der Waals surface area contributed by atoms with E-state index in [2.05, 4.69) is 0 Å². The average Bonchev–Trinajstić information content (AvgIpc) is 2.78. The number of rotatable bonds is 1. The molecule has 1 aromatic rings. The van der Waals surface area contributed by atoms with Crippen LogP contribution in [0.1, 0.15) is 10.4 Å². The lowest BCUT2D eigenvalue weighted by molar-refractivity contribution is -0.0363. The van der Waals surface area contributed by atoms with Gasteiger partial charge >= 0.3 is 0 Å². The van der Waals surface area contributed by atoms with Gasteiger partial charge in [-0.3, -0.25) is 4.79 Å². The molecule has 0 spiro atoms. The topological polar surface area (TPSA) is 63.7 Å². The van der Waals surface area contributed by atoms with Crippen LogP contribution in [0.3, 0.4) is 0 Å². The second-order valence-corrected chi connectivity index (χ2v) is 7.43. The highest BCUT2D eigenvalue weighted by Gasteiger charge is 2.46. The van der Waals surface area contributed by atoms with E-state index in [1.165, 1.54) is 0 Å². The van der Waals surface area contributed by atoms with E-state index in [4.69, 9.17) is 4.74 Å². The summed E-state index contributed by atoms with van der Waals surface area (Å²) >= 11 is 0. The molecule has 1 aromatic carbocycles. The van der Waals surface area contributed by atoms with Crippen molar-refractivity contribution in [2.24, 2.45) is 0 Å². The van der Waals surface area contributed by atoms with Gasteiger partial charge in [0.05, 0.1) is 35.8 Å². The largest absolute Gasteiger partial charge is 0.373 e. The number of hydrogen-bond donors (Lipinski definition) is 0. The van der Waals surface area contributed by atoms with Gasteiger partial charge in [0.25, 0.3) is 5.91 Å². The number of carbonyl (C=O) groups is 1. The second kappa shape index (κ2) is 5.24. The monoisotopic (exact) mass is 335 g/mol. The van der Waals surface area contributed by atoms with E-state index in [-0.39, 0.29) is 24.7 Å². The molecule has 120 valence electrons. The summed E-state index contributed by atoms with van der Waals surface area (Å²) in [6.45, 7) is 0.168. The minimum Gasteiger partial charge on any atom is -0.373 e. The number of fused-ring (bicyclic) bond motifs is 1. The molecule has 2 atom stereocenters. The average molecular weight is 335 g/mol. The Kier molecular flexibility index (Phi) is 3.64. The molecule has 2 fully saturated rings. The molecule has 3 rings (SSSR count). The predicted octanol–water partition coefficient (Wildman–Crippen LogP) is 0.742. The maximum Gasteiger partial charge on any atom is 0.257 e. The summed E-state index contributed by atoms with van der Waals surface area (Å²) in [5.41, 5.74) is -0.621. The van der Waals surface area contributed by atoms with Crippen molar-refractivity contribution in [1.82, 2.24) is 4.90 Å². The zero-order chi connectivity index (χ0) is 16.1. The van der Waals surface area contributed by atoms with E-state index in [9.17, 15) is 26.4 Å². The molecule has 0 aromatic heterocycles. The zero-order valence-corrected chi connectivity index (χ0v) is 12.1. The molecule has 0 bridgehead atoms. The number of morpholine rings is 1. The Morgan fingerprint density at radius 2 is 1.91 bits per heavy atom. The van der Waals surface area contributed by atoms with E-state index in [0.29, 0.717) is 6.07 Å². The van der Waals surface area contributed by atoms with E-state index in [1.807, 2.05) is 0 Å². The molecule has 22 heavy (non-hydrogen) atoms. The number of sulfone groups is 1. The molecule has 2 aliphatic heterocycles. The maximum absolute atomic E-state index is 13.8. The molecule has 2 saturated heterocycles. The summed E-state index contributed by atoms with van der Waals surface area (Å²) in [5.74, 6) is -6.05. The van der Waals surface area contributed by atoms with E-state index in [1.54, 1.807) is 0 Å². The van der Waals surface area contributed by atoms with Crippen molar-refractivity contribution in [3.63, 3.8) is 0 Å². The van der Waals surface area contributed by atoms with Crippen LogP contribution in [0.2, 0.25) is 0 Å². The lowest BCUT2D eigenvalue weighted by Gasteiger charge is -2.36. The minimum absolute atomic E-state index is 0.0634. The molecule has 2 heterocycles. The van der Waals surface area contributed by atoms with Gasteiger partial charge in [-0.25, -0.2) is 21.6 Å². The fourth-order valence-electron chi connectivity index (χ4n) is 2.81. The number of halogens is 3. The van der Waals surface area contributed by atoms with Crippen molar-refractivity contribution in [2.75, 3.05) is 24.7 Å². The molecular weight excluding hydrogens is 323 g/mol. The highest BCUT2D eigenvalue weighted by Crippen LogP contribution is 2.27. The van der Waals surface area contributed by atoms with Crippen LogP contribution in [-0.2, 0) is 14.6 Å². The maximum atomic E-state index is 13.8. The van der Waals surface area contributed by atoms with Gasteiger partial charge in [0, 0.05) is 6.54 Å². The highest BCUT2D eigenvalue weighted by molar-refractivity contribution is 7.91. The summed E-state index contributed by atoms with van der Waals surface area (Å²) < 4.78 is 68.6. The third-order valence-corrected chi connectivity index (χ3v) is 5.55. The Morgan fingerprint density at radius 1 is 1.18 bits per heavy atom. The van der Waals surface area contributed by atoms with Gasteiger partial charge in [-0.2, -0.15) is 0 Å². The van der Waals surface area contributed by atoms with Crippen molar-refractivity contribution in [1.29, 1.82) is 0 Å². The highest BCUT2D eigenvalue weighted by atomic mass is 32.2. The van der Waals surface area contributed by atoms with Crippen LogP contribution in [-0.4, -0.2) is 56.0 Å². The molecule has 0 N–H and O–H groups in total. The first kappa shape index (κ1) is 15.3. The van der Waals surface area contributed by atoms with Crippen molar-refractivity contribution < 1.29 is 31.1 Å². The molecule has 2 unspecified atom stereocenters. The molecule has 0 radical (unpaired) electrons. The summed E-state index contributed by atoms with van der Waals surface area (Å²) in [6, 6.07) is 0.776. The fraction of sp³-hybridized carbons (Fsp3) is 0.462. The van der Waals surface area contributed by atoms with Crippen LogP contribution < -0.4 is 0 Å². The van der Waals surface area contributed by atoms with Gasteiger partial charge in [0.15, 0.2) is 27.3 Å². The summed E-state index contributed by atoms with van der Waals surface area (Å²) in [4.78, 5) is 13.5. The number of nitrogens with zero attached hydrogens (tertiary/aromatic N) is 1. The number of carbonyl (C=O) groups excluding carboxylic acids is 1. The van der Waals surface area contributed by atoms with E-state index >= 15 is 0 Å². The van der Waals surface area contributed by atoms with E-state index < -0.39 is 50.9 Å². The van der Waals surface area contributed by atoms with Crippen LogP contribution in [0, 0.1) is 17.5 Å². The van der Waals surface area contributed by atoms with Gasteiger partial charge in [-0.15, -0.1) is 0 Å². The number of amides is 1. The Labute approximate surface area is 124 Å². The minimum atomic E-state index is -3.35. The van der Waals surface area contributed by atoms with E-state index in [0.717, 1.165) is 11.0 Å². The fourth-order valence-corrected chi connectivity index (χ4v) is 4.68. The Bertz CT molecular complexity index is 737. The van der Waals surface area contributed by atoms with Gasteiger partial charge < -0.3 is 9.64 Å². The molecule has 5 nitrogen and oxygen atoms in total. The van der Waals surface area contributed by atoms with Gasteiger partial charge in [-0.05, 0) is 12.1 Å². The summed E-state index contributed by atoms with van der Waals surface area (Å²) in [7, 11) is -3.35. The third kappa shape index (κ3) is 2.48. The van der Waals surface area contributed by atoms with Crippen molar-refractivity contribution in [3.8, 4) is 0 Å². The molecule has 9 heteroatoms. The Balaban J connectivity index is 1.94. The quantitative estimate of drug-likeness (QED) is 0.710. The third-order valence-electron chi connectivity index (χ3n) is 3.86. The SMILES string of the molecule is O=C(c1ccc(F)c(F)c1F)N1CCOC2CS(=O)(=O)CC21. The molecule has 2 aliphatic rings. The summed E-state index contributed by atoms with van der Waals surface area (Å²) in [5, 5.41) is 0. The Hall–Kier alpha value is -1.61. The number of hydrogen-bond acceptors (Lipinski definition) is 4. The predicted molar refractivity (Wildman–Crippen MR) is 69.5 cm³/mol. The van der Waals surface area contributed by atoms with Gasteiger partial charge in [0.2, 0.25) is 0 Å². The number of benzene rings is 1. The van der Waals surface area contributed by atoms with Crippen LogP contribution in [0.25, 0.3) is 0 Å². The van der Waals surface area contributed by atoms with Gasteiger partial charge in [0.1, 0.15) is 0 Å². The normalized spacial score (nSPS) is 26.8. The van der Waals surface area contributed by atoms with Crippen LogP contribution in [0.15, 0.2) is 12.1 Å². The van der Waals surface area contributed by atoms with Gasteiger partial charge in [-0.1, -0.05) is 0 Å². The van der Waals surface area contributed by atoms with Crippen LogP contribution in [0.5, 0.6) is 0 Å². The van der Waals surface area contributed by atoms with Crippen LogP contribution >= 0.6 is 0 Å². The molecule has 1 amide bonds. The molecule has 0 saturated carbocycles. The smallest absolute Gasteiger partial charge is 0.257 e. The van der Waals surface area contributed by atoms with Crippen molar-refractivity contribution in [3.05, 3.63) is 35.1 Å². The second-order valence-electron chi connectivity index (χ2n) is 5.27. The zero-order valence-electron chi connectivity index (χ0n) is 11.3.